The Kier molecular flexibility index (Phi) is 4.60. The molecular weight excluding hydrogens is 146 g/mol. The highest BCUT2D eigenvalue weighted by molar-refractivity contribution is 4.58. The van der Waals surface area contributed by atoms with E-state index in [9.17, 15) is 0 Å². The predicted octanol–water partition coefficient (Wildman–Crippen LogP) is -0.559. The van der Waals surface area contributed by atoms with E-state index in [2.05, 4.69) is 0 Å². The predicted molar refractivity (Wildman–Crippen MR) is 41.9 cm³/mol. The van der Waals surface area contributed by atoms with Gasteiger partial charge in [0.15, 0.2) is 5.79 Å². The van der Waals surface area contributed by atoms with E-state index >= 15 is 0 Å². The van der Waals surface area contributed by atoms with Crippen molar-refractivity contribution in [2.45, 2.75) is 32.1 Å². The average molecular weight is 163 g/mol. The zero-order valence-corrected chi connectivity index (χ0v) is 7.08. The van der Waals surface area contributed by atoms with Crippen LogP contribution in [0.2, 0.25) is 0 Å². The third-order valence-electron chi connectivity index (χ3n) is 1.18. The van der Waals surface area contributed by atoms with Gasteiger partial charge in [0.2, 0.25) is 0 Å². The van der Waals surface area contributed by atoms with Gasteiger partial charge in [-0.1, -0.05) is 0 Å². The molecule has 0 saturated carbocycles. The maximum absolute atomic E-state index is 9.08. The Morgan fingerprint density at radius 1 is 1.55 bits per heavy atom. The smallest absolute Gasteiger partial charge is 0.159 e. The molecule has 4 nitrogen and oxygen atoms in total. The second kappa shape index (κ2) is 4.66. The first kappa shape index (κ1) is 10.8. The van der Waals surface area contributed by atoms with Gasteiger partial charge in [-0.25, -0.2) is 0 Å². The Bertz CT molecular complexity index is 100. The summed E-state index contributed by atoms with van der Waals surface area (Å²) in [5, 5.41) is 17.6. The molecule has 11 heavy (non-hydrogen) atoms. The van der Waals surface area contributed by atoms with Crippen molar-refractivity contribution in [2.24, 2.45) is 5.73 Å². The normalized spacial score (nSPS) is 15.0. The molecule has 0 aromatic rings. The Morgan fingerprint density at radius 2 is 2.09 bits per heavy atom. The average Bonchev–Trinajstić information content (AvgIpc) is 1.85. The second-order valence-corrected chi connectivity index (χ2v) is 3.03. The first-order chi connectivity index (χ1) is 4.95. The monoisotopic (exact) mass is 163 g/mol. The first-order valence-corrected chi connectivity index (χ1v) is 3.68. The van der Waals surface area contributed by atoms with E-state index in [4.69, 9.17) is 20.7 Å². The summed E-state index contributed by atoms with van der Waals surface area (Å²) < 4.78 is 4.97. The Labute approximate surface area is 67.0 Å². The number of nitrogens with two attached hydrogens (primary N) is 1. The van der Waals surface area contributed by atoms with Gasteiger partial charge < -0.3 is 20.7 Å². The van der Waals surface area contributed by atoms with Crippen molar-refractivity contribution in [3.8, 4) is 0 Å². The zero-order valence-electron chi connectivity index (χ0n) is 7.08. The quantitative estimate of drug-likeness (QED) is 0.475. The third-order valence-corrected chi connectivity index (χ3v) is 1.18. The van der Waals surface area contributed by atoms with Crippen LogP contribution in [0.25, 0.3) is 0 Å². The molecule has 0 aromatic heterocycles. The highest BCUT2D eigenvalue weighted by Gasteiger charge is 2.12. The molecule has 4 heteroatoms. The lowest BCUT2D eigenvalue weighted by atomic mass is 10.2. The highest BCUT2D eigenvalue weighted by atomic mass is 16.6. The molecule has 4 N–H and O–H groups in total. The Balaban J connectivity index is 3.28. The van der Waals surface area contributed by atoms with E-state index in [0.717, 1.165) is 0 Å². The summed E-state index contributed by atoms with van der Waals surface area (Å²) in [7, 11) is 0. The van der Waals surface area contributed by atoms with Crippen LogP contribution in [0.3, 0.4) is 0 Å². The van der Waals surface area contributed by atoms with Gasteiger partial charge in [-0.2, -0.15) is 0 Å². The number of hydrogen-bond acceptors (Lipinski definition) is 4. The van der Waals surface area contributed by atoms with E-state index in [0.29, 0.717) is 13.0 Å². The molecule has 68 valence electrons. The molecule has 0 unspecified atom stereocenters. The number of aliphatic hydroxyl groups is 2. The second-order valence-electron chi connectivity index (χ2n) is 3.03. The maximum Gasteiger partial charge on any atom is 0.159 e. The number of hydrogen-bond donors (Lipinski definition) is 3. The minimum atomic E-state index is -1.10. The van der Waals surface area contributed by atoms with Gasteiger partial charge in [0, 0.05) is 6.04 Å². The summed E-state index contributed by atoms with van der Waals surface area (Å²) >= 11 is 0. The van der Waals surface area contributed by atoms with Crippen molar-refractivity contribution in [1.29, 1.82) is 0 Å². The number of ether oxygens (including phenoxy) is 1. The van der Waals surface area contributed by atoms with E-state index in [1.165, 1.54) is 0 Å². The van der Waals surface area contributed by atoms with Crippen molar-refractivity contribution >= 4 is 0 Å². The fraction of sp³-hybridized carbons (Fsp3) is 1.00. The molecule has 0 fully saturated rings. The first-order valence-electron chi connectivity index (χ1n) is 3.68. The molecule has 0 saturated heterocycles. The van der Waals surface area contributed by atoms with Gasteiger partial charge >= 0.3 is 0 Å². The highest BCUT2D eigenvalue weighted by Crippen LogP contribution is 2.03. The fourth-order valence-corrected chi connectivity index (χ4v) is 0.551. The van der Waals surface area contributed by atoms with Crippen molar-refractivity contribution in [2.75, 3.05) is 13.2 Å². The number of aliphatic hydroxyl groups excluding tert-OH is 1. The van der Waals surface area contributed by atoms with Crippen LogP contribution in [0.4, 0.5) is 0 Å². The van der Waals surface area contributed by atoms with Gasteiger partial charge in [-0.15, -0.1) is 0 Å². The van der Waals surface area contributed by atoms with Crippen LogP contribution in [0.1, 0.15) is 20.3 Å². The largest absolute Gasteiger partial charge is 0.395 e. The standard InChI is InChI=1S/C7H17NO3/c1-7(2,10)11-4-3-6(8)5-9/h6,9-10H,3-5,8H2,1-2H3/t6-/m1/s1. The molecule has 0 amide bonds. The van der Waals surface area contributed by atoms with Crippen LogP contribution in [0.5, 0.6) is 0 Å². The van der Waals surface area contributed by atoms with Gasteiger partial charge in [0.05, 0.1) is 13.2 Å². The summed E-state index contributed by atoms with van der Waals surface area (Å²) in [6.45, 7) is 3.43. The van der Waals surface area contributed by atoms with Gasteiger partial charge in [-0.05, 0) is 20.3 Å². The summed E-state index contributed by atoms with van der Waals surface area (Å²) in [4.78, 5) is 0. The third kappa shape index (κ3) is 7.74. The van der Waals surface area contributed by atoms with E-state index in [-0.39, 0.29) is 12.6 Å². The topological polar surface area (TPSA) is 75.7 Å². The van der Waals surface area contributed by atoms with E-state index in [1.807, 2.05) is 0 Å². The van der Waals surface area contributed by atoms with Crippen LogP contribution < -0.4 is 5.73 Å². The van der Waals surface area contributed by atoms with E-state index in [1.54, 1.807) is 13.8 Å². The molecule has 0 bridgehead atoms. The van der Waals surface area contributed by atoms with Crippen LogP contribution in [0.15, 0.2) is 0 Å². The molecule has 0 spiro atoms. The van der Waals surface area contributed by atoms with Crippen molar-refractivity contribution < 1.29 is 14.9 Å². The molecule has 0 heterocycles. The van der Waals surface area contributed by atoms with Crippen LogP contribution in [0, 0.1) is 0 Å². The maximum atomic E-state index is 9.08. The van der Waals surface area contributed by atoms with Crippen molar-refractivity contribution in [3.63, 3.8) is 0 Å². The Morgan fingerprint density at radius 3 is 2.45 bits per heavy atom. The van der Waals surface area contributed by atoms with Crippen molar-refractivity contribution in [1.82, 2.24) is 0 Å². The van der Waals surface area contributed by atoms with Gasteiger partial charge in [-0.3, -0.25) is 0 Å². The molecule has 0 aromatic carbocycles. The van der Waals surface area contributed by atoms with Gasteiger partial charge in [0.25, 0.3) is 0 Å². The van der Waals surface area contributed by atoms with Crippen LogP contribution in [-0.4, -0.2) is 35.3 Å². The lowest BCUT2D eigenvalue weighted by Gasteiger charge is -2.18. The molecular formula is C7H17NO3. The summed E-state index contributed by atoms with van der Waals surface area (Å²) in [6.07, 6.45) is 0.556. The fourth-order valence-electron chi connectivity index (χ4n) is 0.551. The lowest BCUT2D eigenvalue weighted by Crippen LogP contribution is -2.30. The molecule has 1 atom stereocenters. The minimum Gasteiger partial charge on any atom is -0.395 e. The Hall–Kier alpha value is -0.160. The zero-order chi connectivity index (χ0) is 8.91. The van der Waals surface area contributed by atoms with Gasteiger partial charge in [0.1, 0.15) is 0 Å². The lowest BCUT2D eigenvalue weighted by molar-refractivity contribution is -0.177. The molecule has 0 aliphatic rings. The SMILES string of the molecule is CC(C)(O)OCC[C@@H](N)CO. The molecule has 0 aliphatic carbocycles. The van der Waals surface area contributed by atoms with Crippen LogP contribution in [-0.2, 0) is 4.74 Å². The molecule has 0 aliphatic heterocycles. The summed E-state index contributed by atoms with van der Waals surface area (Å²) in [6, 6.07) is -0.252. The molecule has 0 radical (unpaired) electrons. The molecule has 0 rings (SSSR count). The number of rotatable bonds is 5. The van der Waals surface area contributed by atoms with E-state index < -0.39 is 5.79 Å². The summed E-state index contributed by atoms with van der Waals surface area (Å²) in [5.41, 5.74) is 5.39. The minimum absolute atomic E-state index is 0.0464. The summed E-state index contributed by atoms with van der Waals surface area (Å²) in [5.74, 6) is -1.10. The van der Waals surface area contributed by atoms with Crippen molar-refractivity contribution in [3.05, 3.63) is 0 Å². The van der Waals surface area contributed by atoms with Crippen LogP contribution >= 0.6 is 0 Å².